The highest BCUT2D eigenvalue weighted by molar-refractivity contribution is 5.41. The van der Waals surface area contributed by atoms with Crippen LogP contribution in [0.2, 0.25) is 0 Å². The topological polar surface area (TPSA) is 48.6 Å². The molecule has 0 saturated carbocycles. The number of aromatic nitrogens is 2. The van der Waals surface area contributed by atoms with Crippen molar-refractivity contribution in [3.63, 3.8) is 0 Å². The summed E-state index contributed by atoms with van der Waals surface area (Å²) in [5.41, 5.74) is 4.86. The molecule has 0 bridgehead atoms. The maximum Gasteiger partial charge on any atom is 0.337 e. The van der Waals surface area contributed by atoms with Gasteiger partial charge in [-0.15, -0.1) is 0 Å². The summed E-state index contributed by atoms with van der Waals surface area (Å²) in [7, 11) is 0. The Morgan fingerprint density at radius 2 is 1.26 bits per heavy atom. The van der Waals surface area contributed by atoms with Crippen LogP contribution in [-0.2, 0) is 0 Å². The molecular formula is C32H33N3O3. The van der Waals surface area contributed by atoms with Crippen molar-refractivity contribution in [3.8, 4) is 28.6 Å². The average molecular weight is 508 g/mol. The minimum atomic E-state index is -0.128. The standard InChI is InChI=1S/C32H33N3O3/c36-32-34(20-21-35(32)28-12-16-31(17-13-28)38-30-8-2-1-3-9-30)27-10-14-29(15-11-27)37-23-22-33-19-18-25-6-4-5-7-26(25)24-33/h1-3,8-17,20-21H,4-7,18-19,22-24H2. The molecule has 0 fully saturated rings. The summed E-state index contributed by atoms with van der Waals surface area (Å²) in [5, 5.41) is 0. The largest absolute Gasteiger partial charge is 0.492 e. The molecule has 0 amide bonds. The Bertz CT molecular complexity index is 1450. The van der Waals surface area contributed by atoms with Crippen LogP contribution in [0.3, 0.4) is 0 Å². The van der Waals surface area contributed by atoms with Gasteiger partial charge < -0.3 is 9.47 Å². The zero-order valence-corrected chi connectivity index (χ0v) is 21.6. The van der Waals surface area contributed by atoms with E-state index in [1.54, 1.807) is 32.7 Å². The van der Waals surface area contributed by atoms with Gasteiger partial charge in [0, 0.05) is 32.0 Å². The summed E-state index contributed by atoms with van der Waals surface area (Å²) >= 11 is 0. The van der Waals surface area contributed by atoms with E-state index in [-0.39, 0.29) is 5.69 Å². The first kappa shape index (κ1) is 24.3. The van der Waals surface area contributed by atoms with Gasteiger partial charge in [0.15, 0.2) is 0 Å². The summed E-state index contributed by atoms with van der Waals surface area (Å²) in [6, 6.07) is 24.9. The Balaban J connectivity index is 1.05. The van der Waals surface area contributed by atoms with Crippen molar-refractivity contribution < 1.29 is 9.47 Å². The van der Waals surface area contributed by atoms with Gasteiger partial charge in [-0.2, -0.15) is 0 Å². The third kappa shape index (κ3) is 5.46. The molecule has 0 radical (unpaired) electrons. The van der Waals surface area contributed by atoms with Gasteiger partial charge in [0.1, 0.15) is 23.9 Å². The van der Waals surface area contributed by atoms with Gasteiger partial charge in [0.05, 0.1) is 11.4 Å². The van der Waals surface area contributed by atoms with E-state index >= 15 is 0 Å². The van der Waals surface area contributed by atoms with E-state index in [9.17, 15) is 4.79 Å². The van der Waals surface area contributed by atoms with Crippen molar-refractivity contribution in [3.05, 3.63) is 113 Å². The Hall–Kier alpha value is -4.03. The van der Waals surface area contributed by atoms with Crippen LogP contribution in [0.15, 0.2) is 107 Å². The predicted octanol–water partition coefficient (Wildman–Crippen LogP) is 6.38. The molecule has 0 saturated heterocycles. The molecule has 0 unspecified atom stereocenters. The lowest BCUT2D eigenvalue weighted by atomic mass is 9.87. The highest BCUT2D eigenvalue weighted by Crippen LogP contribution is 2.30. The lowest BCUT2D eigenvalue weighted by Gasteiger charge is -2.33. The molecule has 0 N–H and O–H groups in total. The van der Waals surface area contributed by atoms with Crippen LogP contribution in [0.1, 0.15) is 32.1 Å². The molecular weight excluding hydrogens is 474 g/mol. The van der Waals surface area contributed by atoms with E-state index in [2.05, 4.69) is 4.90 Å². The Kier molecular flexibility index (Phi) is 7.14. The number of nitrogens with zero attached hydrogens (tertiary/aromatic N) is 3. The van der Waals surface area contributed by atoms with Crippen LogP contribution in [0.5, 0.6) is 17.2 Å². The maximum atomic E-state index is 13.1. The predicted molar refractivity (Wildman–Crippen MR) is 150 cm³/mol. The lowest BCUT2D eigenvalue weighted by Crippen LogP contribution is -2.35. The van der Waals surface area contributed by atoms with Crippen LogP contribution >= 0.6 is 0 Å². The molecule has 6 heteroatoms. The van der Waals surface area contributed by atoms with Gasteiger partial charge in [-0.3, -0.25) is 14.0 Å². The average Bonchev–Trinajstić information content (AvgIpc) is 3.35. The summed E-state index contributed by atoms with van der Waals surface area (Å²) < 4.78 is 15.2. The summed E-state index contributed by atoms with van der Waals surface area (Å²) in [4.78, 5) is 15.6. The SMILES string of the molecule is O=c1n(-c2ccc(OCCN3CCC4=C(CCCC4)C3)cc2)ccn1-c1ccc(Oc2ccccc2)cc1. The molecule has 1 aliphatic heterocycles. The van der Waals surface area contributed by atoms with Crippen molar-refractivity contribution >= 4 is 0 Å². The van der Waals surface area contributed by atoms with Crippen LogP contribution in [-0.4, -0.2) is 40.3 Å². The Morgan fingerprint density at radius 3 is 1.95 bits per heavy atom. The molecule has 2 aliphatic rings. The van der Waals surface area contributed by atoms with Crippen LogP contribution in [0.25, 0.3) is 11.4 Å². The fraction of sp³-hybridized carbons (Fsp3) is 0.281. The van der Waals surface area contributed by atoms with Gasteiger partial charge in [-0.25, -0.2) is 4.79 Å². The molecule has 4 aromatic rings. The van der Waals surface area contributed by atoms with Crippen molar-refractivity contribution in [2.45, 2.75) is 32.1 Å². The molecule has 194 valence electrons. The second kappa shape index (κ2) is 11.2. The first-order valence-corrected chi connectivity index (χ1v) is 13.5. The highest BCUT2D eigenvalue weighted by atomic mass is 16.5. The fourth-order valence-electron chi connectivity index (χ4n) is 5.42. The third-order valence-corrected chi connectivity index (χ3v) is 7.51. The number of benzene rings is 3. The van der Waals surface area contributed by atoms with Gasteiger partial charge in [-0.1, -0.05) is 29.3 Å². The van der Waals surface area contributed by atoms with Crippen LogP contribution in [0.4, 0.5) is 0 Å². The zero-order valence-electron chi connectivity index (χ0n) is 21.6. The molecule has 0 spiro atoms. The molecule has 2 heterocycles. The summed E-state index contributed by atoms with van der Waals surface area (Å²) in [6.07, 6.45) is 10.1. The third-order valence-electron chi connectivity index (χ3n) is 7.51. The first-order valence-electron chi connectivity index (χ1n) is 13.5. The molecule has 0 atom stereocenters. The van der Waals surface area contributed by atoms with E-state index in [1.807, 2.05) is 78.9 Å². The van der Waals surface area contributed by atoms with Gasteiger partial charge in [0.25, 0.3) is 0 Å². The second-order valence-electron chi connectivity index (χ2n) is 10.0. The van der Waals surface area contributed by atoms with Crippen molar-refractivity contribution in [2.24, 2.45) is 0 Å². The quantitative estimate of drug-likeness (QED) is 0.260. The Labute approximate surface area is 223 Å². The minimum Gasteiger partial charge on any atom is -0.492 e. The monoisotopic (exact) mass is 507 g/mol. The molecule has 6 nitrogen and oxygen atoms in total. The molecule has 6 rings (SSSR count). The second-order valence-corrected chi connectivity index (χ2v) is 10.0. The van der Waals surface area contributed by atoms with Gasteiger partial charge in [0.2, 0.25) is 0 Å². The van der Waals surface area contributed by atoms with Crippen molar-refractivity contribution in [1.29, 1.82) is 0 Å². The number of para-hydroxylation sites is 1. The maximum absolute atomic E-state index is 13.1. The van der Waals surface area contributed by atoms with Crippen molar-refractivity contribution in [2.75, 3.05) is 26.2 Å². The zero-order chi connectivity index (χ0) is 25.7. The molecule has 1 aromatic heterocycles. The number of imidazole rings is 1. The number of hydrogen-bond donors (Lipinski definition) is 0. The normalized spacial score (nSPS) is 15.8. The first-order chi connectivity index (χ1) is 18.7. The van der Waals surface area contributed by atoms with Crippen LogP contribution in [0, 0.1) is 0 Å². The minimum absolute atomic E-state index is 0.128. The van der Waals surface area contributed by atoms with Gasteiger partial charge in [-0.05, 0) is 92.8 Å². The van der Waals surface area contributed by atoms with E-state index in [0.717, 1.165) is 48.3 Å². The number of hydrogen-bond acceptors (Lipinski definition) is 4. The van der Waals surface area contributed by atoms with Crippen LogP contribution < -0.4 is 15.2 Å². The molecule has 3 aromatic carbocycles. The Morgan fingerprint density at radius 1 is 0.658 bits per heavy atom. The lowest BCUT2D eigenvalue weighted by molar-refractivity contribution is 0.210. The molecule has 1 aliphatic carbocycles. The molecule has 38 heavy (non-hydrogen) atoms. The van der Waals surface area contributed by atoms with E-state index in [4.69, 9.17) is 9.47 Å². The fourth-order valence-corrected chi connectivity index (χ4v) is 5.42. The number of rotatable bonds is 8. The van der Waals surface area contributed by atoms with E-state index in [0.29, 0.717) is 6.61 Å². The van der Waals surface area contributed by atoms with Crippen molar-refractivity contribution in [1.82, 2.24) is 14.0 Å². The summed E-state index contributed by atoms with van der Waals surface area (Å²) in [6.45, 7) is 3.86. The van der Waals surface area contributed by atoms with E-state index in [1.165, 1.54) is 32.1 Å². The smallest absolute Gasteiger partial charge is 0.337 e. The highest BCUT2D eigenvalue weighted by Gasteiger charge is 2.20. The van der Waals surface area contributed by atoms with E-state index < -0.39 is 0 Å². The van der Waals surface area contributed by atoms with Gasteiger partial charge >= 0.3 is 5.69 Å². The summed E-state index contributed by atoms with van der Waals surface area (Å²) in [5.74, 6) is 2.32. The number of ether oxygens (including phenoxy) is 2.